The van der Waals surface area contributed by atoms with Crippen LogP contribution in [0.5, 0.6) is 0 Å². The first-order chi connectivity index (χ1) is 12.7. The van der Waals surface area contributed by atoms with E-state index >= 15 is 0 Å². The number of allylic oxidation sites excluding steroid dienone is 4. The fraction of sp³-hybridized carbons (Fsp3) is 0.200. The van der Waals surface area contributed by atoms with Gasteiger partial charge in [-0.1, -0.05) is 24.3 Å². The molecule has 6 nitrogen and oxygen atoms in total. The van der Waals surface area contributed by atoms with Gasteiger partial charge in [-0.2, -0.15) is 5.10 Å². The average Bonchev–Trinajstić information content (AvgIpc) is 3.19. The molecule has 0 spiro atoms. The van der Waals surface area contributed by atoms with E-state index in [1.807, 2.05) is 0 Å². The monoisotopic (exact) mass is 346 g/mol. The molecule has 1 aliphatic heterocycles. The second kappa shape index (κ2) is 5.36. The van der Waals surface area contributed by atoms with Crippen LogP contribution in [-0.4, -0.2) is 27.5 Å². The number of ketones is 3. The minimum absolute atomic E-state index is 0.0372. The first-order valence-electron chi connectivity index (χ1n) is 8.53. The van der Waals surface area contributed by atoms with Crippen molar-refractivity contribution in [3.63, 3.8) is 0 Å². The molecule has 0 amide bonds. The maximum absolute atomic E-state index is 13.2. The molecule has 26 heavy (non-hydrogen) atoms. The summed E-state index contributed by atoms with van der Waals surface area (Å²) in [5, 5.41) is 6.94. The molecular weight excluding hydrogens is 332 g/mol. The van der Waals surface area contributed by atoms with Crippen LogP contribution in [-0.2, 0) is 9.53 Å². The molecular formula is C20H14N2O4. The minimum Gasteiger partial charge on any atom is -0.457 e. The third-order valence-electron chi connectivity index (χ3n) is 5.14. The van der Waals surface area contributed by atoms with E-state index in [2.05, 4.69) is 10.2 Å². The van der Waals surface area contributed by atoms with Crippen molar-refractivity contribution < 1.29 is 19.1 Å². The Morgan fingerprint density at radius 2 is 1.73 bits per heavy atom. The number of rotatable bonds is 1. The van der Waals surface area contributed by atoms with Gasteiger partial charge in [-0.05, 0) is 12.5 Å². The molecule has 0 bridgehead atoms. The summed E-state index contributed by atoms with van der Waals surface area (Å²) >= 11 is 0. The van der Waals surface area contributed by atoms with Crippen molar-refractivity contribution in [1.82, 2.24) is 10.2 Å². The molecule has 2 aliphatic carbocycles. The third-order valence-corrected chi connectivity index (χ3v) is 5.14. The largest absolute Gasteiger partial charge is 0.457 e. The zero-order valence-electron chi connectivity index (χ0n) is 13.7. The van der Waals surface area contributed by atoms with Crippen LogP contribution in [0.2, 0.25) is 0 Å². The van der Waals surface area contributed by atoms with Gasteiger partial charge in [0.15, 0.2) is 17.3 Å². The van der Waals surface area contributed by atoms with Crippen molar-refractivity contribution in [1.29, 1.82) is 0 Å². The predicted molar refractivity (Wildman–Crippen MR) is 90.4 cm³/mol. The molecule has 0 fully saturated rings. The summed E-state index contributed by atoms with van der Waals surface area (Å²) in [5.41, 5.74) is 1.90. The second-order valence-electron chi connectivity index (χ2n) is 6.59. The molecule has 6 heteroatoms. The Hall–Kier alpha value is -3.28. The standard InChI is InChI=1S/C20H14N2O4/c23-13-6-3-7-14-16(13)15(12-8-9-21-22-12)17-18(24)10-4-1-2-5-11(10)19(25)20(17)26-14/h1-2,4-5,8-9,15H,3,6-7H2,(H,21,22). The number of benzene rings is 1. The molecule has 1 atom stereocenters. The SMILES string of the molecule is O=C1CCCC2=C1C(c1cc[nH]n1)C1=C(O2)C(=O)c2ccccc2C1=O. The van der Waals surface area contributed by atoms with Crippen LogP contribution in [0, 0.1) is 0 Å². The van der Waals surface area contributed by atoms with Gasteiger partial charge in [0.05, 0.1) is 17.2 Å². The number of carbonyl (C=O) groups is 3. The highest BCUT2D eigenvalue weighted by Crippen LogP contribution is 2.47. The maximum atomic E-state index is 13.2. The van der Waals surface area contributed by atoms with E-state index in [-0.39, 0.29) is 28.7 Å². The number of hydrogen-bond acceptors (Lipinski definition) is 5. The Morgan fingerprint density at radius 1 is 0.962 bits per heavy atom. The van der Waals surface area contributed by atoms with Crippen molar-refractivity contribution in [3.05, 3.63) is 76.0 Å². The smallest absolute Gasteiger partial charge is 0.229 e. The normalized spacial score (nSPS) is 22.0. The van der Waals surface area contributed by atoms with Gasteiger partial charge in [0, 0.05) is 35.7 Å². The average molecular weight is 346 g/mol. The molecule has 0 radical (unpaired) electrons. The lowest BCUT2D eigenvalue weighted by molar-refractivity contribution is -0.116. The number of fused-ring (bicyclic) bond motifs is 1. The highest BCUT2D eigenvalue weighted by Gasteiger charge is 2.46. The first kappa shape index (κ1) is 15.0. The Bertz CT molecular complexity index is 1040. The fourth-order valence-corrected chi connectivity index (χ4v) is 3.99. The van der Waals surface area contributed by atoms with Gasteiger partial charge < -0.3 is 4.74 Å². The van der Waals surface area contributed by atoms with Crippen LogP contribution in [0.4, 0.5) is 0 Å². The van der Waals surface area contributed by atoms with Gasteiger partial charge in [0.25, 0.3) is 0 Å². The number of aromatic nitrogens is 2. The van der Waals surface area contributed by atoms with E-state index in [0.717, 1.165) is 0 Å². The second-order valence-corrected chi connectivity index (χ2v) is 6.59. The van der Waals surface area contributed by atoms with Crippen LogP contribution in [0.25, 0.3) is 0 Å². The topological polar surface area (TPSA) is 89.1 Å². The lowest BCUT2D eigenvalue weighted by Crippen LogP contribution is -2.34. The number of hydrogen-bond donors (Lipinski definition) is 1. The predicted octanol–water partition coefficient (Wildman–Crippen LogP) is 2.86. The van der Waals surface area contributed by atoms with E-state index in [4.69, 9.17) is 4.74 Å². The molecule has 1 N–H and O–H groups in total. The Morgan fingerprint density at radius 3 is 2.46 bits per heavy atom. The van der Waals surface area contributed by atoms with Crippen LogP contribution < -0.4 is 0 Å². The van der Waals surface area contributed by atoms with Crippen molar-refractivity contribution >= 4 is 17.3 Å². The van der Waals surface area contributed by atoms with E-state index in [9.17, 15) is 14.4 Å². The molecule has 3 aliphatic rings. The van der Waals surface area contributed by atoms with Gasteiger partial charge in [0.2, 0.25) is 5.78 Å². The van der Waals surface area contributed by atoms with Crippen LogP contribution in [0.15, 0.2) is 59.2 Å². The zero-order valence-corrected chi connectivity index (χ0v) is 13.7. The summed E-state index contributed by atoms with van der Waals surface area (Å²) < 4.78 is 5.86. The first-order valence-corrected chi connectivity index (χ1v) is 8.53. The number of H-pyrrole nitrogens is 1. The number of nitrogens with zero attached hydrogens (tertiary/aromatic N) is 1. The highest BCUT2D eigenvalue weighted by molar-refractivity contribution is 6.27. The lowest BCUT2D eigenvalue weighted by Gasteiger charge is -2.34. The maximum Gasteiger partial charge on any atom is 0.229 e. The van der Waals surface area contributed by atoms with Crippen molar-refractivity contribution in [2.45, 2.75) is 25.2 Å². The van der Waals surface area contributed by atoms with Crippen LogP contribution >= 0.6 is 0 Å². The Labute approximate surface area is 148 Å². The van der Waals surface area contributed by atoms with E-state index in [0.29, 0.717) is 47.4 Å². The van der Waals surface area contributed by atoms with Gasteiger partial charge in [-0.25, -0.2) is 0 Å². The van der Waals surface area contributed by atoms with Gasteiger partial charge in [-0.3, -0.25) is 19.5 Å². The Balaban J connectivity index is 1.77. The van der Waals surface area contributed by atoms with Crippen LogP contribution in [0.3, 0.4) is 0 Å². The van der Waals surface area contributed by atoms with Gasteiger partial charge >= 0.3 is 0 Å². The molecule has 128 valence electrons. The van der Waals surface area contributed by atoms with Gasteiger partial charge in [-0.15, -0.1) is 0 Å². The Kier molecular flexibility index (Phi) is 3.09. The summed E-state index contributed by atoms with van der Waals surface area (Å²) in [4.78, 5) is 38.9. The van der Waals surface area contributed by atoms with E-state index in [1.54, 1.807) is 36.5 Å². The molecule has 0 saturated carbocycles. The number of aromatic amines is 1. The molecule has 1 aromatic carbocycles. The molecule has 1 aromatic heterocycles. The van der Waals surface area contributed by atoms with E-state index in [1.165, 1.54) is 0 Å². The fourth-order valence-electron chi connectivity index (χ4n) is 3.99. The summed E-state index contributed by atoms with van der Waals surface area (Å²) in [5.74, 6) is -0.792. The highest BCUT2D eigenvalue weighted by atomic mass is 16.5. The van der Waals surface area contributed by atoms with E-state index < -0.39 is 5.92 Å². The van der Waals surface area contributed by atoms with Crippen molar-refractivity contribution in [2.24, 2.45) is 0 Å². The molecule has 5 rings (SSSR count). The van der Waals surface area contributed by atoms with Gasteiger partial charge in [0.1, 0.15) is 5.76 Å². The molecule has 2 aromatic rings. The summed E-state index contributed by atoms with van der Waals surface area (Å²) in [7, 11) is 0. The van der Waals surface area contributed by atoms with Crippen LogP contribution in [0.1, 0.15) is 51.6 Å². The number of ether oxygens (including phenoxy) is 1. The lowest BCUT2D eigenvalue weighted by atomic mass is 9.73. The summed E-state index contributed by atoms with van der Waals surface area (Å²) in [6.45, 7) is 0. The molecule has 0 saturated heterocycles. The summed E-state index contributed by atoms with van der Waals surface area (Å²) in [6, 6.07) is 8.43. The quantitative estimate of drug-likeness (QED) is 0.858. The third kappa shape index (κ3) is 1.92. The molecule has 1 unspecified atom stereocenters. The number of carbonyl (C=O) groups excluding carboxylic acids is 3. The minimum atomic E-state index is -0.669. The number of Topliss-reactive ketones (excluding diaryl/α,β-unsaturated/α-hetero) is 3. The molecule has 2 heterocycles. The number of nitrogens with one attached hydrogen (secondary N) is 1. The zero-order chi connectivity index (χ0) is 17.8. The summed E-state index contributed by atoms with van der Waals surface area (Å²) in [6.07, 6.45) is 3.29. The van der Waals surface area contributed by atoms with Crippen molar-refractivity contribution in [2.75, 3.05) is 0 Å². The van der Waals surface area contributed by atoms with Crippen molar-refractivity contribution in [3.8, 4) is 0 Å².